The summed E-state index contributed by atoms with van der Waals surface area (Å²) in [5, 5.41) is 10.6. The van der Waals surface area contributed by atoms with Crippen molar-refractivity contribution in [3.63, 3.8) is 0 Å². The van der Waals surface area contributed by atoms with Crippen LogP contribution in [0.3, 0.4) is 0 Å². The Kier molecular flexibility index (Phi) is 4.27. The topological polar surface area (TPSA) is 64.1 Å². The monoisotopic (exact) mass is 326 g/mol. The molecule has 0 amide bonds. The Morgan fingerprint density at radius 1 is 1.12 bits per heavy atom. The molecule has 0 aliphatic carbocycles. The standard InChI is InChI=1S/C19H19NO4/c1-20(2)10-15-17(21)9-8-14-18(22)16(11-24-19(14)15)12-4-6-13(23-3)7-5-12/h4-9,11,21H,10H2,1-3H3/p+1. The van der Waals surface area contributed by atoms with Crippen molar-refractivity contribution in [2.75, 3.05) is 21.2 Å². The summed E-state index contributed by atoms with van der Waals surface area (Å²) in [5.41, 5.74) is 2.22. The third kappa shape index (κ3) is 2.86. The second-order valence-corrected chi connectivity index (χ2v) is 6.03. The quantitative estimate of drug-likeness (QED) is 0.768. The van der Waals surface area contributed by atoms with E-state index in [1.54, 1.807) is 31.4 Å². The van der Waals surface area contributed by atoms with Gasteiger partial charge in [-0.15, -0.1) is 0 Å². The van der Waals surface area contributed by atoms with Crippen LogP contribution in [0.4, 0.5) is 0 Å². The van der Waals surface area contributed by atoms with E-state index < -0.39 is 0 Å². The Morgan fingerprint density at radius 3 is 2.46 bits per heavy atom. The molecular weight excluding hydrogens is 306 g/mol. The molecule has 0 unspecified atom stereocenters. The fourth-order valence-corrected chi connectivity index (χ4v) is 2.74. The molecule has 0 bridgehead atoms. The van der Waals surface area contributed by atoms with Gasteiger partial charge in [0.25, 0.3) is 0 Å². The van der Waals surface area contributed by atoms with Crippen molar-refractivity contribution >= 4 is 11.0 Å². The number of phenolic OH excluding ortho intramolecular Hbond substituents is 1. The molecule has 0 atom stereocenters. The highest BCUT2D eigenvalue weighted by atomic mass is 16.5. The van der Waals surface area contributed by atoms with Gasteiger partial charge < -0.3 is 19.2 Å². The largest absolute Gasteiger partial charge is 0.507 e. The number of fused-ring (bicyclic) bond motifs is 1. The van der Waals surface area contributed by atoms with Gasteiger partial charge in [-0.3, -0.25) is 4.79 Å². The van der Waals surface area contributed by atoms with Crippen LogP contribution in [0.15, 0.2) is 51.9 Å². The Morgan fingerprint density at radius 2 is 1.83 bits per heavy atom. The molecule has 0 saturated carbocycles. The van der Waals surface area contributed by atoms with Crippen LogP contribution in [0.5, 0.6) is 11.5 Å². The molecule has 2 aromatic carbocycles. The number of hydrogen-bond donors (Lipinski definition) is 2. The van der Waals surface area contributed by atoms with E-state index in [-0.39, 0.29) is 11.2 Å². The molecule has 0 fully saturated rings. The zero-order chi connectivity index (χ0) is 17.3. The Labute approximate surface area is 139 Å². The number of benzene rings is 2. The molecule has 0 saturated heterocycles. The van der Waals surface area contributed by atoms with E-state index in [1.807, 2.05) is 26.2 Å². The highest BCUT2D eigenvalue weighted by molar-refractivity contribution is 5.85. The van der Waals surface area contributed by atoms with Crippen LogP contribution in [0.25, 0.3) is 22.1 Å². The van der Waals surface area contributed by atoms with Gasteiger partial charge in [-0.1, -0.05) is 12.1 Å². The minimum Gasteiger partial charge on any atom is -0.507 e. The Hall–Kier alpha value is -2.79. The average molecular weight is 326 g/mol. The minimum absolute atomic E-state index is 0.114. The van der Waals surface area contributed by atoms with Gasteiger partial charge in [0, 0.05) is 0 Å². The molecule has 3 rings (SSSR count). The van der Waals surface area contributed by atoms with Crippen molar-refractivity contribution < 1.29 is 19.2 Å². The normalized spacial score (nSPS) is 11.2. The molecule has 0 aliphatic heterocycles. The number of hydrogen-bond acceptors (Lipinski definition) is 4. The number of phenols is 1. The van der Waals surface area contributed by atoms with Crippen LogP contribution in [0, 0.1) is 0 Å². The SMILES string of the molecule is COc1ccc(-c2coc3c(C[NH+](C)C)c(O)ccc3c2=O)cc1. The molecule has 0 aliphatic rings. The summed E-state index contributed by atoms with van der Waals surface area (Å²) in [6, 6.07) is 10.4. The predicted octanol–water partition coefficient (Wildman–Crippen LogP) is 1.82. The highest BCUT2D eigenvalue weighted by Crippen LogP contribution is 2.28. The summed E-state index contributed by atoms with van der Waals surface area (Å²) in [4.78, 5) is 14.0. The summed E-state index contributed by atoms with van der Waals surface area (Å²) in [5.74, 6) is 0.870. The summed E-state index contributed by atoms with van der Waals surface area (Å²) < 4.78 is 10.9. The molecule has 2 N–H and O–H groups in total. The van der Waals surface area contributed by atoms with Gasteiger partial charge in [-0.25, -0.2) is 0 Å². The zero-order valence-corrected chi connectivity index (χ0v) is 13.9. The maximum atomic E-state index is 12.9. The lowest BCUT2D eigenvalue weighted by Crippen LogP contribution is -3.04. The highest BCUT2D eigenvalue weighted by Gasteiger charge is 2.16. The van der Waals surface area contributed by atoms with Gasteiger partial charge in [0.2, 0.25) is 5.43 Å². The van der Waals surface area contributed by atoms with E-state index in [1.165, 1.54) is 6.26 Å². The average Bonchev–Trinajstić information content (AvgIpc) is 2.57. The van der Waals surface area contributed by atoms with E-state index in [9.17, 15) is 9.90 Å². The fourth-order valence-electron chi connectivity index (χ4n) is 2.74. The van der Waals surface area contributed by atoms with Crippen molar-refractivity contribution in [2.45, 2.75) is 6.54 Å². The summed E-state index contributed by atoms with van der Waals surface area (Å²) in [6.45, 7) is 0.563. The number of nitrogens with one attached hydrogen (secondary N) is 1. The number of aromatic hydroxyl groups is 1. The second kappa shape index (κ2) is 6.37. The fraction of sp³-hybridized carbons (Fsp3) is 0.211. The number of quaternary nitrogens is 1. The molecule has 5 heteroatoms. The van der Waals surface area contributed by atoms with Crippen LogP contribution in [0.2, 0.25) is 0 Å². The third-order valence-electron chi connectivity index (χ3n) is 3.95. The lowest BCUT2D eigenvalue weighted by atomic mass is 10.0. The van der Waals surface area contributed by atoms with Crippen LogP contribution in [0.1, 0.15) is 5.56 Å². The molecule has 0 spiro atoms. The van der Waals surface area contributed by atoms with Crippen LogP contribution < -0.4 is 15.1 Å². The van der Waals surface area contributed by atoms with Crippen molar-refractivity contribution in [1.82, 2.24) is 0 Å². The summed E-state index contributed by atoms with van der Waals surface area (Å²) in [7, 11) is 5.55. The van der Waals surface area contributed by atoms with Crippen LogP contribution in [-0.2, 0) is 6.54 Å². The molecule has 5 nitrogen and oxygen atoms in total. The van der Waals surface area contributed by atoms with E-state index in [4.69, 9.17) is 9.15 Å². The maximum absolute atomic E-state index is 12.9. The first-order valence-electron chi connectivity index (χ1n) is 7.71. The molecule has 1 aromatic heterocycles. The Balaban J connectivity index is 2.17. The van der Waals surface area contributed by atoms with Gasteiger partial charge in [-0.2, -0.15) is 0 Å². The maximum Gasteiger partial charge on any atom is 0.200 e. The van der Waals surface area contributed by atoms with Crippen molar-refractivity contribution in [3.05, 3.63) is 58.4 Å². The zero-order valence-electron chi connectivity index (χ0n) is 13.9. The lowest BCUT2D eigenvalue weighted by molar-refractivity contribution is -0.872. The lowest BCUT2D eigenvalue weighted by Gasteiger charge is -2.11. The number of methoxy groups -OCH3 is 1. The van der Waals surface area contributed by atoms with Crippen molar-refractivity contribution in [1.29, 1.82) is 0 Å². The smallest absolute Gasteiger partial charge is 0.200 e. The molecule has 24 heavy (non-hydrogen) atoms. The summed E-state index contributed by atoms with van der Waals surface area (Å²) in [6.07, 6.45) is 1.46. The van der Waals surface area contributed by atoms with Crippen molar-refractivity contribution in [2.24, 2.45) is 0 Å². The molecule has 0 radical (unpaired) electrons. The predicted molar refractivity (Wildman–Crippen MR) is 92.7 cm³/mol. The van der Waals surface area contributed by atoms with Crippen molar-refractivity contribution in [3.8, 4) is 22.6 Å². The molecular formula is C19H20NO4+. The molecule has 1 heterocycles. The van der Waals surface area contributed by atoms with Gasteiger partial charge in [-0.05, 0) is 29.8 Å². The first-order chi connectivity index (χ1) is 11.5. The van der Waals surface area contributed by atoms with E-state index in [0.29, 0.717) is 28.6 Å². The van der Waals surface area contributed by atoms with Gasteiger partial charge in [0.15, 0.2) is 0 Å². The number of ether oxygens (including phenoxy) is 1. The van der Waals surface area contributed by atoms with Crippen LogP contribution in [-0.4, -0.2) is 26.3 Å². The second-order valence-electron chi connectivity index (χ2n) is 6.03. The van der Waals surface area contributed by atoms with E-state index >= 15 is 0 Å². The molecule has 124 valence electrons. The van der Waals surface area contributed by atoms with Gasteiger partial charge in [0.05, 0.1) is 37.7 Å². The summed E-state index contributed by atoms with van der Waals surface area (Å²) >= 11 is 0. The van der Waals surface area contributed by atoms with Gasteiger partial charge in [0.1, 0.15) is 29.9 Å². The minimum atomic E-state index is -0.114. The third-order valence-corrected chi connectivity index (χ3v) is 3.95. The number of rotatable bonds is 4. The first-order valence-corrected chi connectivity index (χ1v) is 7.71. The van der Waals surface area contributed by atoms with Crippen LogP contribution >= 0.6 is 0 Å². The van der Waals surface area contributed by atoms with E-state index in [0.717, 1.165) is 16.2 Å². The molecule has 3 aromatic rings. The van der Waals surface area contributed by atoms with Gasteiger partial charge >= 0.3 is 0 Å². The Bertz CT molecular complexity index is 926. The first kappa shape index (κ1) is 16.1. The van der Waals surface area contributed by atoms with E-state index in [2.05, 4.69) is 0 Å².